The Labute approximate surface area is 159 Å². The molecule has 132 valence electrons. The molecule has 0 fully saturated rings. The molecule has 8 nitrogen and oxygen atoms in total. The summed E-state index contributed by atoms with van der Waals surface area (Å²) in [4.78, 5) is 12.6. The molecule has 0 aliphatic heterocycles. The Bertz CT molecular complexity index is 644. The summed E-state index contributed by atoms with van der Waals surface area (Å²) in [6.07, 6.45) is 4.21. The van der Waals surface area contributed by atoms with E-state index in [9.17, 15) is 0 Å². The number of aliphatic imine (C=N–C) groups is 1. The summed E-state index contributed by atoms with van der Waals surface area (Å²) in [7, 11) is 3.58. The molecule has 0 aromatic carbocycles. The molecule has 0 spiro atoms. The SMILES string of the molecule is CCCOc1ncccc1CNC(=NC)NCc1ncnn1C.I. The molecule has 0 atom stereocenters. The van der Waals surface area contributed by atoms with Gasteiger partial charge in [0.1, 0.15) is 12.2 Å². The van der Waals surface area contributed by atoms with Crippen LogP contribution in [0.5, 0.6) is 5.88 Å². The van der Waals surface area contributed by atoms with Gasteiger partial charge in [0.2, 0.25) is 5.88 Å². The first-order valence-electron chi connectivity index (χ1n) is 7.58. The second-order valence-corrected chi connectivity index (χ2v) is 4.90. The molecule has 2 rings (SSSR count). The zero-order valence-electron chi connectivity index (χ0n) is 14.2. The minimum Gasteiger partial charge on any atom is -0.477 e. The fourth-order valence-electron chi connectivity index (χ4n) is 1.93. The Balaban J connectivity index is 0.00000288. The summed E-state index contributed by atoms with van der Waals surface area (Å²) in [5.41, 5.74) is 0.988. The van der Waals surface area contributed by atoms with E-state index in [0.717, 1.165) is 17.8 Å². The van der Waals surface area contributed by atoms with Gasteiger partial charge in [-0.25, -0.2) is 9.97 Å². The van der Waals surface area contributed by atoms with E-state index in [1.807, 2.05) is 19.2 Å². The Kier molecular flexibility index (Phi) is 9.05. The van der Waals surface area contributed by atoms with Gasteiger partial charge in [0.25, 0.3) is 0 Å². The molecule has 2 heterocycles. The summed E-state index contributed by atoms with van der Waals surface area (Å²) in [6.45, 7) is 3.84. The smallest absolute Gasteiger partial charge is 0.218 e. The average Bonchev–Trinajstić information content (AvgIpc) is 2.99. The lowest BCUT2D eigenvalue weighted by Crippen LogP contribution is -2.37. The fourth-order valence-corrected chi connectivity index (χ4v) is 1.93. The van der Waals surface area contributed by atoms with Crippen LogP contribution < -0.4 is 15.4 Å². The molecule has 0 saturated carbocycles. The zero-order chi connectivity index (χ0) is 16.5. The summed E-state index contributed by atoms with van der Waals surface area (Å²) < 4.78 is 7.37. The van der Waals surface area contributed by atoms with Gasteiger partial charge in [0.05, 0.1) is 13.2 Å². The van der Waals surface area contributed by atoms with Crippen LogP contribution in [-0.4, -0.2) is 39.4 Å². The van der Waals surface area contributed by atoms with Crippen LogP contribution >= 0.6 is 24.0 Å². The number of hydrogen-bond acceptors (Lipinski definition) is 5. The first-order valence-corrected chi connectivity index (χ1v) is 7.58. The number of nitrogens with one attached hydrogen (secondary N) is 2. The van der Waals surface area contributed by atoms with Crippen molar-refractivity contribution in [2.75, 3.05) is 13.7 Å². The molecular formula is C15H24IN7O. The lowest BCUT2D eigenvalue weighted by molar-refractivity contribution is 0.301. The molecule has 0 bridgehead atoms. The normalized spacial score (nSPS) is 10.9. The maximum absolute atomic E-state index is 5.65. The van der Waals surface area contributed by atoms with Crippen LogP contribution in [0.3, 0.4) is 0 Å². The topological polar surface area (TPSA) is 89.2 Å². The number of rotatable bonds is 7. The van der Waals surface area contributed by atoms with Gasteiger partial charge in [-0.3, -0.25) is 9.67 Å². The molecule has 0 radical (unpaired) electrons. The van der Waals surface area contributed by atoms with Crippen LogP contribution in [0.1, 0.15) is 24.7 Å². The Hall–Kier alpha value is -1.91. The second kappa shape index (κ2) is 10.8. The lowest BCUT2D eigenvalue weighted by atomic mass is 10.2. The molecule has 2 aromatic rings. The van der Waals surface area contributed by atoms with Crippen LogP contribution in [0, 0.1) is 0 Å². The third-order valence-electron chi connectivity index (χ3n) is 3.18. The number of halogens is 1. The predicted molar refractivity (Wildman–Crippen MR) is 103 cm³/mol. The molecule has 0 aliphatic carbocycles. The number of hydrogen-bond donors (Lipinski definition) is 2. The zero-order valence-corrected chi connectivity index (χ0v) is 16.5. The van der Waals surface area contributed by atoms with Gasteiger partial charge in [-0.15, -0.1) is 24.0 Å². The number of nitrogens with zero attached hydrogens (tertiary/aromatic N) is 5. The van der Waals surface area contributed by atoms with Crippen LogP contribution in [0.4, 0.5) is 0 Å². The number of aromatic nitrogens is 4. The van der Waals surface area contributed by atoms with Gasteiger partial charge in [0.15, 0.2) is 5.96 Å². The quantitative estimate of drug-likeness (QED) is 0.382. The van der Waals surface area contributed by atoms with Crippen LogP contribution in [-0.2, 0) is 20.1 Å². The van der Waals surface area contributed by atoms with Gasteiger partial charge in [-0.1, -0.05) is 13.0 Å². The van der Waals surface area contributed by atoms with Crippen molar-refractivity contribution in [3.05, 3.63) is 36.0 Å². The van der Waals surface area contributed by atoms with Crippen LogP contribution in [0.15, 0.2) is 29.6 Å². The maximum Gasteiger partial charge on any atom is 0.218 e. The largest absolute Gasteiger partial charge is 0.477 e. The standard InChI is InChI=1S/C15H23N7O.HI/c1-4-8-23-14-12(6-5-7-17-14)9-18-15(16-2)19-10-13-20-11-21-22(13)3;/h5-7,11H,4,8-10H2,1-3H3,(H2,16,18,19);1H. The molecule has 9 heteroatoms. The number of pyridine rings is 1. The van der Waals surface area contributed by atoms with E-state index in [1.54, 1.807) is 17.9 Å². The summed E-state index contributed by atoms with van der Waals surface area (Å²) in [5.74, 6) is 2.17. The van der Waals surface area contributed by atoms with Crippen molar-refractivity contribution in [3.8, 4) is 5.88 Å². The van der Waals surface area contributed by atoms with E-state index in [1.165, 1.54) is 6.33 Å². The number of guanidine groups is 1. The van der Waals surface area contributed by atoms with E-state index in [0.29, 0.717) is 31.5 Å². The lowest BCUT2D eigenvalue weighted by Gasteiger charge is -2.13. The Morgan fingerprint density at radius 2 is 2.08 bits per heavy atom. The molecule has 2 aromatic heterocycles. The van der Waals surface area contributed by atoms with E-state index in [4.69, 9.17) is 4.74 Å². The van der Waals surface area contributed by atoms with E-state index < -0.39 is 0 Å². The Morgan fingerprint density at radius 1 is 1.29 bits per heavy atom. The molecule has 0 aliphatic rings. The highest BCUT2D eigenvalue weighted by Gasteiger charge is 2.07. The van der Waals surface area contributed by atoms with Crippen LogP contribution in [0.2, 0.25) is 0 Å². The van der Waals surface area contributed by atoms with Gasteiger partial charge >= 0.3 is 0 Å². The van der Waals surface area contributed by atoms with Crippen molar-refractivity contribution in [1.82, 2.24) is 30.4 Å². The molecular weight excluding hydrogens is 421 g/mol. The minimum absolute atomic E-state index is 0. The summed E-state index contributed by atoms with van der Waals surface area (Å²) in [5, 5.41) is 10.5. The summed E-state index contributed by atoms with van der Waals surface area (Å²) >= 11 is 0. The highest BCUT2D eigenvalue weighted by molar-refractivity contribution is 14.0. The summed E-state index contributed by atoms with van der Waals surface area (Å²) in [6, 6.07) is 3.88. The van der Waals surface area contributed by atoms with Crippen molar-refractivity contribution < 1.29 is 4.74 Å². The van der Waals surface area contributed by atoms with Crippen molar-refractivity contribution in [2.45, 2.75) is 26.4 Å². The third-order valence-corrected chi connectivity index (χ3v) is 3.18. The molecule has 0 unspecified atom stereocenters. The predicted octanol–water partition coefficient (Wildman–Crippen LogP) is 1.48. The number of ether oxygens (including phenoxy) is 1. The van der Waals surface area contributed by atoms with Gasteiger partial charge < -0.3 is 15.4 Å². The molecule has 24 heavy (non-hydrogen) atoms. The van der Waals surface area contributed by atoms with Crippen LogP contribution in [0.25, 0.3) is 0 Å². The van der Waals surface area contributed by atoms with Crippen molar-refractivity contribution >= 4 is 29.9 Å². The van der Waals surface area contributed by atoms with Gasteiger partial charge in [0, 0.05) is 32.4 Å². The fraction of sp³-hybridized carbons (Fsp3) is 0.467. The highest BCUT2D eigenvalue weighted by Crippen LogP contribution is 2.14. The monoisotopic (exact) mass is 445 g/mol. The highest BCUT2D eigenvalue weighted by atomic mass is 127. The van der Waals surface area contributed by atoms with E-state index in [2.05, 4.69) is 37.6 Å². The number of aryl methyl sites for hydroxylation is 1. The van der Waals surface area contributed by atoms with Gasteiger partial charge in [-0.2, -0.15) is 5.10 Å². The second-order valence-electron chi connectivity index (χ2n) is 4.90. The molecule has 0 saturated heterocycles. The minimum atomic E-state index is 0. The first-order chi connectivity index (χ1) is 11.2. The van der Waals surface area contributed by atoms with Crippen molar-refractivity contribution in [3.63, 3.8) is 0 Å². The van der Waals surface area contributed by atoms with Crippen molar-refractivity contribution in [2.24, 2.45) is 12.0 Å². The average molecular weight is 445 g/mol. The van der Waals surface area contributed by atoms with Gasteiger partial charge in [-0.05, 0) is 12.5 Å². The third kappa shape index (κ3) is 5.95. The maximum atomic E-state index is 5.65. The van der Waals surface area contributed by atoms with E-state index in [-0.39, 0.29) is 24.0 Å². The molecule has 0 amide bonds. The first kappa shape index (κ1) is 20.1. The Morgan fingerprint density at radius 3 is 2.75 bits per heavy atom. The van der Waals surface area contributed by atoms with E-state index >= 15 is 0 Å². The molecule has 2 N–H and O–H groups in total. The van der Waals surface area contributed by atoms with Crippen molar-refractivity contribution in [1.29, 1.82) is 0 Å².